The zero-order valence-electron chi connectivity index (χ0n) is 16.0. The Bertz CT molecular complexity index is 1060. The number of nitrogens with one attached hydrogen (secondary N) is 1. The molecule has 0 fully saturated rings. The number of para-hydroxylation sites is 1. The monoisotopic (exact) mass is 393 g/mol. The maximum atomic E-state index is 12.8. The number of benzene rings is 2. The molecule has 1 N–H and O–H groups in total. The predicted molar refractivity (Wildman–Crippen MR) is 116 cm³/mol. The normalized spacial score (nSPS) is 11.9. The molecule has 5 nitrogen and oxygen atoms in total. The second-order valence-electron chi connectivity index (χ2n) is 6.42. The zero-order chi connectivity index (χ0) is 20.1. The number of aryl methyl sites for hydroxylation is 1. The number of hydrogen-bond acceptors (Lipinski definition) is 4. The number of anilines is 1. The molecule has 28 heavy (non-hydrogen) atoms. The number of allylic oxidation sites excluding steroid dienone is 1. The van der Waals surface area contributed by atoms with Crippen LogP contribution in [0.5, 0.6) is 0 Å². The molecular formula is C22H23N3O2S. The standard InChI is InChI=1S/C22H23N3O2S/c1-4-14-25-21(27)18-8-6-7-9-19(18)24-22(25)28-15(3)20(26)23-17-12-10-16(5-2)11-13-17/h4,6-13,15H,1,5,14H2,2-3H3,(H,23,26)/t15-/m1/s1. The highest BCUT2D eigenvalue weighted by atomic mass is 32.2. The molecule has 2 aromatic carbocycles. The van der Waals surface area contributed by atoms with Crippen LogP contribution in [-0.4, -0.2) is 20.7 Å². The zero-order valence-corrected chi connectivity index (χ0v) is 16.8. The van der Waals surface area contributed by atoms with Crippen LogP contribution in [0.2, 0.25) is 0 Å². The van der Waals surface area contributed by atoms with Gasteiger partial charge in [-0.15, -0.1) is 6.58 Å². The molecule has 1 amide bonds. The van der Waals surface area contributed by atoms with E-state index in [0.29, 0.717) is 22.6 Å². The van der Waals surface area contributed by atoms with Crippen LogP contribution in [0.3, 0.4) is 0 Å². The third kappa shape index (κ3) is 4.34. The summed E-state index contributed by atoms with van der Waals surface area (Å²) in [5, 5.41) is 3.56. The van der Waals surface area contributed by atoms with Crippen molar-refractivity contribution in [1.29, 1.82) is 0 Å². The lowest BCUT2D eigenvalue weighted by molar-refractivity contribution is -0.115. The molecule has 3 aromatic rings. The van der Waals surface area contributed by atoms with Crippen molar-refractivity contribution in [1.82, 2.24) is 9.55 Å². The average molecular weight is 394 g/mol. The molecule has 6 heteroatoms. The average Bonchev–Trinajstić information content (AvgIpc) is 2.71. The number of carbonyl (C=O) groups is 1. The first-order valence-corrected chi connectivity index (χ1v) is 10.1. The minimum Gasteiger partial charge on any atom is -0.325 e. The fourth-order valence-corrected chi connectivity index (χ4v) is 3.72. The number of carbonyl (C=O) groups excluding carboxylic acids is 1. The van der Waals surface area contributed by atoms with Gasteiger partial charge in [0.25, 0.3) is 5.56 Å². The highest BCUT2D eigenvalue weighted by Gasteiger charge is 2.19. The molecule has 0 aliphatic rings. The maximum Gasteiger partial charge on any atom is 0.262 e. The summed E-state index contributed by atoms with van der Waals surface area (Å²) in [4.78, 5) is 30.0. The summed E-state index contributed by atoms with van der Waals surface area (Å²) in [5.74, 6) is -0.137. The van der Waals surface area contributed by atoms with Gasteiger partial charge in [0.15, 0.2) is 5.16 Å². The summed E-state index contributed by atoms with van der Waals surface area (Å²) in [6.07, 6.45) is 2.61. The Balaban J connectivity index is 1.83. The summed E-state index contributed by atoms with van der Waals surface area (Å²) in [6.45, 7) is 7.96. The summed E-state index contributed by atoms with van der Waals surface area (Å²) < 4.78 is 1.56. The molecule has 0 saturated carbocycles. The van der Waals surface area contributed by atoms with Crippen LogP contribution in [0.4, 0.5) is 5.69 Å². The van der Waals surface area contributed by atoms with E-state index in [0.717, 1.165) is 12.1 Å². The van der Waals surface area contributed by atoms with Crippen molar-refractivity contribution in [2.24, 2.45) is 0 Å². The second-order valence-corrected chi connectivity index (χ2v) is 7.72. The quantitative estimate of drug-likeness (QED) is 0.370. The number of thioether (sulfide) groups is 1. The molecule has 0 saturated heterocycles. The molecule has 3 rings (SSSR count). The summed E-state index contributed by atoms with van der Waals surface area (Å²) in [7, 11) is 0. The molecular weight excluding hydrogens is 370 g/mol. The predicted octanol–water partition coefficient (Wildman–Crippen LogP) is 4.26. The lowest BCUT2D eigenvalue weighted by Gasteiger charge is -2.15. The van der Waals surface area contributed by atoms with E-state index in [1.54, 1.807) is 29.7 Å². The number of rotatable bonds is 7. The van der Waals surface area contributed by atoms with Crippen molar-refractivity contribution in [2.45, 2.75) is 37.2 Å². The number of aromatic nitrogens is 2. The molecule has 1 aromatic heterocycles. The van der Waals surface area contributed by atoms with E-state index in [-0.39, 0.29) is 11.5 Å². The molecule has 1 atom stereocenters. The van der Waals surface area contributed by atoms with Crippen LogP contribution in [0.15, 0.2) is 71.1 Å². The lowest BCUT2D eigenvalue weighted by Crippen LogP contribution is -2.26. The van der Waals surface area contributed by atoms with Crippen LogP contribution in [-0.2, 0) is 17.8 Å². The van der Waals surface area contributed by atoms with Gasteiger partial charge in [-0.05, 0) is 43.2 Å². The van der Waals surface area contributed by atoms with Crippen molar-refractivity contribution >= 4 is 34.3 Å². The number of fused-ring (bicyclic) bond motifs is 1. The van der Waals surface area contributed by atoms with Gasteiger partial charge in [0.2, 0.25) is 5.91 Å². The molecule has 0 aliphatic carbocycles. The number of amides is 1. The fourth-order valence-electron chi connectivity index (χ4n) is 2.81. The van der Waals surface area contributed by atoms with Crippen LogP contribution < -0.4 is 10.9 Å². The van der Waals surface area contributed by atoms with Crippen molar-refractivity contribution in [2.75, 3.05) is 5.32 Å². The first-order chi connectivity index (χ1) is 13.5. The Morgan fingerprint density at radius 2 is 1.96 bits per heavy atom. The number of hydrogen-bond donors (Lipinski definition) is 1. The van der Waals surface area contributed by atoms with Crippen LogP contribution >= 0.6 is 11.8 Å². The Labute approximate surface area is 168 Å². The Morgan fingerprint density at radius 3 is 2.64 bits per heavy atom. The van der Waals surface area contributed by atoms with Gasteiger partial charge in [0.1, 0.15) is 0 Å². The van der Waals surface area contributed by atoms with E-state index in [9.17, 15) is 9.59 Å². The van der Waals surface area contributed by atoms with Gasteiger partial charge in [-0.3, -0.25) is 14.2 Å². The maximum absolute atomic E-state index is 12.8. The van der Waals surface area contributed by atoms with Gasteiger partial charge in [0, 0.05) is 12.2 Å². The van der Waals surface area contributed by atoms with Crippen LogP contribution in [0.25, 0.3) is 10.9 Å². The van der Waals surface area contributed by atoms with Crippen LogP contribution in [0.1, 0.15) is 19.4 Å². The molecule has 1 heterocycles. The van der Waals surface area contributed by atoms with Gasteiger partial charge in [-0.2, -0.15) is 0 Å². The van der Waals surface area contributed by atoms with Gasteiger partial charge in [-0.1, -0.05) is 49.0 Å². The minimum atomic E-state index is -0.421. The largest absolute Gasteiger partial charge is 0.325 e. The highest BCUT2D eigenvalue weighted by Crippen LogP contribution is 2.24. The first-order valence-electron chi connectivity index (χ1n) is 9.20. The highest BCUT2D eigenvalue weighted by molar-refractivity contribution is 8.00. The molecule has 0 aliphatic heterocycles. The van der Waals surface area contributed by atoms with E-state index >= 15 is 0 Å². The van der Waals surface area contributed by atoms with E-state index < -0.39 is 5.25 Å². The first kappa shape index (κ1) is 19.9. The molecule has 144 valence electrons. The third-order valence-electron chi connectivity index (χ3n) is 4.42. The van der Waals surface area contributed by atoms with Gasteiger partial charge in [-0.25, -0.2) is 4.98 Å². The van der Waals surface area contributed by atoms with Crippen LogP contribution in [0, 0.1) is 0 Å². The van der Waals surface area contributed by atoms with Crippen molar-refractivity contribution < 1.29 is 4.79 Å². The van der Waals surface area contributed by atoms with E-state index in [1.165, 1.54) is 17.3 Å². The van der Waals surface area contributed by atoms with Gasteiger partial charge in [0.05, 0.1) is 16.2 Å². The van der Waals surface area contributed by atoms with E-state index in [4.69, 9.17) is 0 Å². The number of nitrogens with zero attached hydrogens (tertiary/aromatic N) is 2. The minimum absolute atomic E-state index is 0.129. The van der Waals surface area contributed by atoms with E-state index in [1.807, 2.05) is 36.4 Å². The third-order valence-corrected chi connectivity index (χ3v) is 5.51. The molecule has 0 bridgehead atoms. The summed E-state index contributed by atoms with van der Waals surface area (Å²) in [5.41, 5.74) is 2.47. The fraction of sp³-hybridized carbons (Fsp3) is 0.227. The van der Waals surface area contributed by atoms with E-state index in [2.05, 4.69) is 23.8 Å². The summed E-state index contributed by atoms with van der Waals surface area (Å²) in [6, 6.07) is 15.0. The Hall–Kier alpha value is -2.86. The van der Waals surface area contributed by atoms with Gasteiger partial charge < -0.3 is 5.32 Å². The van der Waals surface area contributed by atoms with Gasteiger partial charge >= 0.3 is 0 Å². The van der Waals surface area contributed by atoms with Crippen molar-refractivity contribution in [3.8, 4) is 0 Å². The Kier molecular flexibility index (Phi) is 6.31. The van der Waals surface area contributed by atoms with Crippen molar-refractivity contribution in [3.05, 3.63) is 77.1 Å². The van der Waals surface area contributed by atoms with Crippen molar-refractivity contribution in [3.63, 3.8) is 0 Å². The smallest absolute Gasteiger partial charge is 0.262 e. The second kappa shape index (κ2) is 8.89. The SMILES string of the molecule is C=CCn1c(S[C@H](C)C(=O)Nc2ccc(CC)cc2)nc2ccccc2c1=O. The molecule has 0 unspecified atom stereocenters. The molecule has 0 radical (unpaired) electrons. The lowest BCUT2D eigenvalue weighted by atomic mass is 10.1. The summed E-state index contributed by atoms with van der Waals surface area (Å²) >= 11 is 1.27. The Morgan fingerprint density at radius 1 is 1.25 bits per heavy atom. The topological polar surface area (TPSA) is 64.0 Å². The molecule has 0 spiro atoms.